The SMILES string of the molecule is CC1CCCN1C(C)(C)CCC(=O)O. The van der Waals surface area contributed by atoms with Gasteiger partial charge in [-0.15, -0.1) is 0 Å². The summed E-state index contributed by atoms with van der Waals surface area (Å²) in [6.45, 7) is 7.65. The van der Waals surface area contributed by atoms with Gasteiger partial charge in [0.2, 0.25) is 0 Å². The van der Waals surface area contributed by atoms with Crippen molar-refractivity contribution < 1.29 is 9.90 Å². The van der Waals surface area contributed by atoms with Gasteiger partial charge in [0.1, 0.15) is 0 Å². The predicted molar refractivity (Wildman–Crippen MR) is 56.4 cm³/mol. The van der Waals surface area contributed by atoms with Crippen LogP contribution in [-0.2, 0) is 4.79 Å². The van der Waals surface area contributed by atoms with Crippen LogP contribution in [0.5, 0.6) is 0 Å². The highest BCUT2D eigenvalue weighted by Crippen LogP contribution is 2.29. The summed E-state index contributed by atoms with van der Waals surface area (Å²) in [6.07, 6.45) is 3.51. The van der Waals surface area contributed by atoms with Crippen LogP contribution in [0.4, 0.5) is 0 Å². The summed E-state index contributed by atoms with van der Waals surface area (Å²) in [5, 5.41) is 8.67. The lowest BCUT2D eigenvalue weighted by Crippen LogP contribution is -2.45. The minimum absolute atomic E-state index is 0.0360. The van der Waals surface area contributed by atoms with E-state index in [0.29, 0.717) is 6.04 Å². The molecule has 0 saturated carbocycles. The molecule has 0 aromatic heterocycles. The monoisotopic (exact) mass is 199 g/mol. The van der Waals surface area contributed by atoms with Crippen molar-refractivity contribution in [2.24, 2.45) is 0 Å². The number of likely N-dealkylation sites (tertiary alicyclic amines) is 1. The Balaban J connectivity index is 2.50. The molecule has 3 nitrogen and oxygen atoms in total. The average molecular weight is 199 g/mol. The van der Waals surface area contributed by atoms with Crippen molar-refractivity contribution in [2.45, 2.75) is 58.0 Å². The number of nitrogens with zero attached hydrogens (tertiary/aromatic N) is 1. The van der Waals surface area contributed by atoms with E-state index in [9.17, 15) is 4.79 Å². The quantitative estimate of drug-likeness (QED) is 0.754. The Kier molecular flexibility index (Phi) is 3.53. The molecule has 1 aliphatic rings. The second-order valence-corrected chi connectivity index (χ2v) is 4.89. The zero-order chi connectivity index (χ0) is 10.8. The largest absolute Gasteiger partial charge is 0.481 e. The van der Waals surface area contributed by atoms with Crippen LogP contribution in [0.15, 0.2) is 0 Å². The highest BCUT2D eigenvalue weighted by atomic mass is 16.4. The van der Waals surface area contributed by atoms with Crippen molar-refractivity contribution >= 4 is 5.97 Å². The van der Waals surface area contributed by atoms with Crippen LogP contribution in [-0.4, -0.2) is 34.1 Å². The Hall–Kier alpha value is -0.570. The molecular weight excluding hydrogens is 178 g/mol. The van der Waals surface area contributed by atoms with E-state index >= 15 is 0 Å². The second kappa shape index (κ2) is 4.30. The third kappa shape index (κ3) is 2.71. The summed E-state index contributed by atoms with van der Waals surface area (Å²) < 4.78 is 0. The fraction of sp³-hybridized carbons (Fsp3) is 0.909. The zero-order valence-electron chi connectivity index (χ0n) is 9.42. The highest BCUT2D eigenvalue weighted by Gasteiger charge is 2.33. The Morgan fingerprint density at radius 1 is 1.57 bits per heavy atom. The minimum atomic E-state index is -0.690. The molecule has 82 valence electrons. The van der Waals surface area contributed by atoms with Crippen molar-refractivity contribution in [2.75, 3.05) is 6.54 Å². The van der Waals surface area contributed by atoms with Crippen LogP contribution in [0.1, 0.15) is 46.5 Å². The summed E-state index contributed by atoms with van der Waals surface area (Å²) in [5.41, 5.74) is 0.0360. The second-order valence-electron chi connectivity index (χ2n) is 4.89. The van der Waals surface area contributed by atoms with Crippen molar-refractivity contribution in [1.82, 2.24) is 4.90 Å². The molecule has 1 aliphatic heterocycles. The van der Waals surface area contributed by atoms with E-state index in [1.807, 2.05) is 0 Å². The van der Waals surface area contributed by atoms with Gasteiger partial charge in [0.05, 0.1) is 0 Å². The van der Waals surface area contributed by atoms with Gasteiger partial charge in [0, 0.05) is 18.0 Å². The number of aliphatic carboxylic acids is 1. The molecule has 1 atom stereocenters. The Morgan fingerprint density at radius 3 is 2.64 bits per heavy atom. The lowest BCUT2D eigenvalue weighted by molar-refractivity contribution is -0.137. The first kappa shape index (κ1) is 11.5. The summed E-state index contributed by atoms with van der Waals surface area (Å²) in [5.74, 6) is -0.690. The van der Waals surface area contributed by atoms with Crippen LogP contribution in [0.3, 0.4) is 0 Å². The van der Waals surface area contributed by atoms with Gasteiger partial charge in [0.15, 0.2) is 0 Å². The van der Waals surface area contributed by atoms with E-state index in [-0.39, 0.29) is 12.0 Å². The van der Waals surface area contributed by atoms with Crippen molar-refractivity contribution in [3.05, 3.63) is 0 Å². The molecule has 1 heterocycles. The molecule has 0 spiro atoms. The number of hydrogen-bond acceptors (Lipinski definition) is 2. The molecule has 0 aromatic carbocycles. The molecule has 0 aromatic rings. The molecule has 0 bridgehead atoms. The van der Waals surface area contributed by atoms with Gasteiger partial charge < -0.3 is 5.11 Å². The van der Waals surface area contributed by atoms with Crippen molar-refractivity contribution in [3.8, 4) is 0 Å². The molecule has 1 N–H and O–H groups in total. The number of carboxylic acid groups (broad SMARTS) is 1. The van der Waals surface area contributed by atoms with Gasteiger partial charge in [-0.05, 0) is 46.6 Å². The molecule has 1 rings (SSSR count). The maximum atomic E-state index is 10.5. The first-order valence-electron chi connectivity index (χ1n) is 5.42. The lowest BCUT2D eigenvalue weighted by Gasteiger charge is -2.38. The molecule has 1 saturated heterocycles. The average Bonchev–Trinajstić information content (AvgIpc) is 2.48. The Bertz CT molecular complexity index is 213. The number of carbonyl (C=O) groups is 1. The third-order valence-corrected chi connectivity index (χ3v) is 3.28. The van der Waals surface area contributed by atoms with Crippen LogP contribution in [0.25, 0.3) is 0 Å². The molecular formula is C11H21NO2. The van der Waals surface area contributed by atoms with Gasteiger partial charge in [0.25, 0.3) is 0 Å². The highest BCUT2D eigenvalue weighted by molar-refractivity contribution is 5.66. The Labute approximate surface area is 86.1 Å². The first-order chi connectivity index (χ1) is 6.43. The molecule has 0 aliphatic carbocycles. The first-order valence-corrected chi connectivity index (χ1v) is 5.42. The number of hydrogen-bond donors (Lipinski definition) is 1. The normalized spacial score (nSPS) is 24.1. The van der Waals surface area contributed by atoms with Crippen LogP contribution in [0.2, 0.25) is 0 Å². The maximum absolute atomic E-state index is 10.5. The van der Waals surface area contributed by atoms with E-state index in [1.54, 1.807) is 0 Å². The summed E-state index contributed by atoms with van der Waals surface area (Å²) >= 11 is 0. The van der Waals surface area contributed by atoms with Gasteiger partial charge in [-0.25, -0.2) is 0 Å². The van der Waals surface area contributed by atoms with E-state index in [1.165, 1.54) is 12.8 Å². The smallest absolute Gasteiger partial charge is 0.303 e. The van der Waals surface area contributed by atoms with Crippen LogP contribution < -0.4 is 0 Å². The summed E-state index contributed by atoms with van der Waals surface area (Å²) in [6, 6.07) is 0.610. The van der Waals surface area contributed by atoms with E-state index in [0.717, 1.165) is 13.0 Å². The van der Waals surface area contributed by atoms with E-state index in [4.69, 9.17) is 5.11 Å². The molecule has 3 heteroatoms. The van der Waals surface area contributed by atoms with Crippen molar-refractivity contribution in [1.29, 1.82) is 0 Å². The Morgan fingerprint density at radius 2 is 2.21 bits per heavy atom. The van der Waals surface area contributed by atoms with Gasteiger partial charge in [-0.1, -0.05) is 0 Å². The minimum Gasteiger partial charge on any atom is -0.481 e. The van der Waals surface area contributed by atoms with E-state index in [2.05, 4.69) is 25.7 Å². The molecule has 1 fully saturated rings. The molecule has 0 radical (unpaired) electrons. The summed E-state index contributed by atoms with van der Waals surface area (Å²) in [7, 11) is 0. The molecule has 1 unspecified atom stereocenters. The van der Waals surface area contributed by atoms with Crippen LogP contribution >= 0.6 is 0 Å². The predicted octanol–water partition coefficient (Wildman–Crippen LogP) is 2.11. The maximum Gasteiger partial charge on any atom is 0.303 e. The van der Waals surface area contributed by atoms with Crippen molar-refractivity contribution in [3.63, 3.8) is 0 Å². The van der Waals surface area contributed by atoms with Gasteiger partial charge >= 0.3 is 5.97 Å². The van der Waals surface area contributed by atoms with Crippen LogP contribution in [0, 0.1) is 0 Å². The standard InChI is InChI=1S/C11H21NO2/c1-9-5-4-8-12(9)11(2,3)7-6-10(13)14/h9H,4-8H2,1-3H3,(H,13,14). The van der Waals surface area contributed by atoms with Gasteiger partial charge in [-0.2, -0.15) is 0 Å². The van der Waals surface area contributed by atoms with E-state index < -0.39 is 5.97 Å². The fourth-order valence-electron chi connectivity index (χ4n) is 2.39. The number of rotatable bonds is 4. The number of carboxylic acids is 1. The van der Waals surface area contributed by atoms with Gasteiger partial charge in [-0.3, -0.25) is 9.69 Å². The fourth-order valence-corrected chi connectivity index (χ4v) is 2.39. The third-order valence-electron chi connectivity index (χ3n) is 3.28. The molecule has 0 amide bonds. The topological polar surface area (TPSA) is 40.5 Å². The summed E-state index contributed by atoms with van der Waals surface area (Å²) in [4.78, 5) is 13.0. The zero-order valence-corrected chi connectivity index (χ0v) is 9.42. The lowest BCUT2D eigenvalue weighted by atomic mass is 9.95. The molecule has 14 heavy (non-hydrogen) atoms.